The van der Waals surface area contributed by atoms with Crippen LogP contribution in [0, 0.1) is 5.92 Å². The average Bonchev–Trinajstić information content (AvgIpc) is 3.13. The zero-order valence-electron chi connectivity index (χ0n) is 17.4. The molecule has 1 atom stereocenters. The van der Waals surface area contributed by atoms with Crippen LogP contribution >= 0.6 is 0 Å². The maximum Gasteiger partial charge on any atom is 0.336 e. The number of fused-ring (bicyclic) bond motifs is 3. The van der Waals surface area contributed by atoms with E-state index in [0.29, 0.717) is 22.1 Å². The fourth-order valence-electron chi connectivity index (χ4n) is 3.87. The van der Waals surface area contributed by atoms with Gasteiger partial charge in [-0.05, 0) is 19.4 Å². The third-order valence-electron chi connectivity index (χ3n) is 5.50. The van der Waals surface area contributed by atoms with E-state index in [1.165, 1.54) is 6.07 Å². The van der Waals surface area contributed by atoms with Crippen molar-refractivity contribution in [2.75, 3.05) is 0 Å². The second-order valence-electron chi connectivity index (χ2n) is 8.56. The molecule has 30 heavy (non-hydrogen) atoms. The van der Waals surface area contributed by atoms with Gasteiger partial charge < -0.3 is 19.4 Å². The molecule has 0 amide bonds. The summed E-state index contributed by atoms with van der Waals surface area (Å²) in [5.41, 5.74) is 0.173. The number of aromatic hydroxyl groups is 1. The molecule has 2 N–H and O–H groups in total. The van der Waals surface area contributed by atoms with Gasteiger partial charge in [0.1, 0.15) is 28.7 Å². The molecule has 0 saturated heterocycles. The predicted molar refractivity (Wildman–Crippen MR) is 113 cm³/mol. The topological polar surface area (TPSA) is 97.0 Å². The van der Waals surface area contributed by atoms with Crippen LogP contribution in [0.2, 0.25) is 0 Å². The second kappa shape index (κ2) is 6.99. The van der Waals surface area contributed by atoms with Gasteiger partial charge in [-0.3, -0.25) is 4.79 Å². The highest BCUT2D eigenvalue weighted by Gasteiger charge is 2.41. The smallest absolute Gasteiger partial charge is 0.336 e. The van der Waals surface area contributed by atoms with Gasteiger partial charge in [-0.25, -0.2) is 4.79 Å². The Morgan fingerprint density at radius 1 is 1.20 bits per heavy atom. The van der Waals surface area contributed by atoms with E-state index in [4.69, 9.17) is 9.15 Å². The number of benzene rings is 2. The molecule has 1 aliphatic rings. The van der Waals surface area contributed by atoms with Crippen LogP contribution in [0.1, 0.15) is 43.6 Å². The van der Waals surface area contributed by atoms with Crippen LogP contribution in [0.25, 0.3) is 22.1 Å². The van der Waals surface area contributed by atoms with Gasteiger partial charge in [-0.2, -0.15) is 0 Å². The molecule has 0 fully saturated rings. The van der Waals surface area contributed by atoms with Gasteiger partial charge in [0.25, 0.3) is 0 Å². The van der Waals surface area contributed by atoms with Crippen LogP contribution in [0.15, 0.2) is 45.6 Å². The lowest BCUT2D eigenvalue weighted by atomic mass is 9.90. The first-order chi connectivity index (χ1) is 14.1. The van der Waals surface area contributed by atoms with Crippen LogP contribution in [0.5, 0.6) is 11.5 Å². The second-order valence-corrected chi connectivity index (χ2v) is 8.56. The van der Waals surface area contributed by atoms with Crippen molar-refractivity contribution in [3.05, 3.63) is 57.9 Å². The number of hydrogen-bond acceptors (Lipinski definition) is 6. The number of aliphatic hydroxyl groups is 1. The van der Waals surface area contributed by atoms with Crippen LogP contribution in [0.3, 0.4) is 0 Å². The summed E-state index contributed by atoms with van der Waals surface area (Å²) in [7, 11) is 0. The average molecular weight is 408 g/mol. The highest BCUT2D eigenvalue weighted by molar-refractivity contribution is 6.12. The van der Waals surface area contributed by atoms with E-state index in [0.717, 1.165) is 0 Å². The number of carbonyl (C=O) groups excluding carboxylic acids is 1. The van der Waals surface area contributed by atoms with Crippen LogP contribution in [-0.4, -0.2) is 27.7 Å². The van der Waals surface area contributed by atoms with E-state index >= 15 is 0 Å². The number of ether oxygens (including phenoxy) is 1. The lowest BCUT2D eigenvalue weighted by Gasteiger charge is -2.25. The maximum absolute atomic E-state index is 13.0. The summed E-state index contributed by atoms with van der Waals surface area (Å²) < 4.78 is 11.5. The molecular weight excluding hydrogens is 384 g/mol. The van der Waals surface area contributed by atoms with Gasteiger partial charge in [0, 0.05) is 29.5 Å². The van der Waals surface area contributed by atoms with E-state index in [1.807, 2.05) is 30.3 Å². The Kier molecular flexibility index (Phi) is 4.70. The summed E-state index contributed by atoms with van der Waals surface area (Å²) in [5, 5.41) is 22.0. The lowest BCUT2D eigenvalue weighted by Crippen LogP contribution is -2.39. The number of rotatable bonds is 4. The Bertz CT molecular complexity index is 1200. The zero-order chi connectivity index (χ0) is 21.8. The highest BCUT2D eigenvalue weighted by atomic mass is 16.5. The van der Waals surface area contributed by atoms with Gasteiger partial charge in [-0.1, -0.05) is 44.2 Å². The molecule has 2 aromatic carbocycles. The van der Waals surface area contributed by atoms with E-state index in [2.05, 4.69) is 0 Å². The Morgan fingerprint density at radius 2 is 1.87 bits per heavy atom. The molecule has 0 bridgehead atoms. The molecule has 4 rings (SSSR count). The molecule has 1 aromatic heterocycles. The quantitative estimate of drug-likeness (QED) is 0.499. The van der Waals surface area contributed by atoms with E-state index in [9.17, 15) is 19.8 Å². The Balaban J connectivity index is 2.13. The number of phenols is 1. The third kappa shape index (κ3) is 3.17. The van der Waals surface area contributed by atoms with Crippen LogP contribution in [0.4, 0.5) is 0 Å². The number of ketones is 1. The molecule has 6 nitrogen and oxygen atoms in total. The Labute approximate surface area is 173 Å². The molecule has 3 aromatic rings. The van der Waals surface area contributed by atoms with Crippen molar-refractivity contribution in [2.24, 2.45) is 5.92 Å². The van der Waals surface area contributed by atoms with Gasteiger partial charge >= 0.3 is 5.63 Å². The first kappa shape index (κ1) is 20.2. The molecule has 2 heterocycles. The van der Waals surface area contributed by atoms with Crippen LogP contribution in [-0.2, 0) is 6.42 Å². The Morgan fingerprint density at radius 3 is 2.47 bits per heavy atom. The highest BCUT2D eigenvalue weighted by Crippen LogP contribution is 2.48. The molecule has 0 aliphatic carbocycles. The summed E-state index contributed by atoms with van der Waals surface area (Å²) in [4.78, 5) is 25.4. The maximum atomic E-state index is 13.0. The summed E-state index contributed by atoms with van der Waals surface area (Å²) in [5.74, 6) is -0.772. The SMILES string of the molecule is CC(C)C(=O)c1c2c(c3oc(=O)cc(-c4ccccc4)c3c1O)CC(C(C)(C)O)O2. The first-order valence-electron chi connectivity index (χ1n) is 9.94. The molecule has 1 aliphatic heterocycles. The third-order valence-corrected chi connectivity index (χ3v) is 5.50. The number of hydrogen-bond donors (Lipinski definition) is 2. The summed E-state index contributed by atoms with van der Waals surface area (Å²) in [6.07, 6.45) is -0.406. The molecule has 1 unspecified atom stereocenters. The Hall–Kier alpha value is -3.12. The minimum atomic E-state index is -1.20. The number of phenolic OH excluding ortho intramolecular Hbond substituents is 1. The fraction of sp³-hybridized carbons (Fsp3) is 0.333. The van der Waals surface area contributed by atoms with Gasteiger partial charge in [-0.15, -0.1) is 0 Å². The van der Waals surface area contributed by atoms with E-state index < -0.39 is 23.2 Å². The minimum absolute atomic E-state index is 0.0604. The number of Topliss-reactive ketones (excluding diaryl/α,β-unsaturated/α-hetero) is 1. The van der Waals surface area contributed by atoms with E-state index in [-0.39, 0.29) is 34.8 Å². The first-order valence-corrected chi connectivity index (χ1v) is 9.94. The van der Waals surface area contributed by atoms with E-state index in [1.54, 1.807) is 27.7 Å². The predicted octanol–water partition coefficient (Wildman–Crippen LogP) is 4.08. The molecule has 0 spiro atoms. The van der Waals surface area contributed by atoms with Crippen molar-refractivity contribution in [3.8, 4) is 22.6 Å². The monoisotopic (exact) mass is 408 g/mol. The van der Waals surface area contributed by atoms with Crippen molar-refractivity contribution >= 4 is 16.8 Å². The molecular formula is C24H24O6. The van der Waals surface area contributed by atoms with Crippen molar-refractivity contribution < 1.29 is 24.2 Å². The minimum Gasteiger partial charge on any atom is -0.506 e. The molecule has 0 radical (unpaired) electrons. The van der Waals surface area contributed by atoms with Crippen molar-refractivity contribution in [3.63, 3.8) is 0 Å². The standard InChI is InChI=1S/C24H24O6/c1-12(2)20(26)19-21(27)18-14(13-8-6-5-7-9-13)11-17(25)30-22(18)15-10-16(24(3,4)28)29-23(15)19/h5-9,11-12,16,27-28H,10H2,1-4H3. The summed E-state index contributed by atoms with van der Waals surface area (Å²) in [6.45, 7) is 6.70. The molecule has 6 heteroatoms. The normalized spacial score (nSPS) is 16.0. The zero-order valence-corrected chi connectivity index (χ0v) is 17.4. The fourth-order valence-corrected chi connectivity index (χ4v) is 3.87. The number of carbonyl (C=O) groups is 1. The van der Waals surface area contributed by atoms with Crippen molar-refractivity contribution in [1.82, 2.24) is 0 Å². The summed E-state index contributed by atoms with van der Waals surface area (Å²) in [6, 6.07) is 10.5. The van der Waals surface area contributed by atoms with Crippen molar-refractivity contribution in [2.45, 2.75) is 45.8 Å². The van der Waals surface area contributed by atoms with Crippen LogP contribution < -0.4 is 10.4 Å². The van der Waals surface area contributed by atoms with Gasteiger partial charge in [0.2, 0.25) is 0 Å². The lowest BCUT2D eigenvalue weighted by molar-refractivity contribution is -0.0232. The largest absolute Gasteiger partial charge is 0.506 e. The molecule has 0 saturated carbocycles. The van der Waals surface area contributed by atoms with Gasteiger partial charge in [0.05, 0.1) is 11.0 Å². The van der Waals surface area contributed by atoms with Gasteiger partial charge in [0.15, 0.2) is 5.78 Å². The summed E-state index contributed by atoms with van der Waals surface area (Å²) >= 11 is 0. The van der Waals surface area contributed by atoms with Crippen molar-refractivity contribution in [1.29, 1.82) is 0 Å². The molecule has 156 valence electrons.